The second-order valence-corrected chi connectivity index (χ2v) is 10.4. The zero-order valence-corrected chi connectivity index (χ0v) is 23.7. The molecule has 1 atom stereocenters. The molecule has 0 aliphatic heterocycles. The van der Waals surface area contributed by atoms with E-state index in [2.05, 4.69) is 9.89 Å². The molecule has 2 aromatic heterocycles. The highest BCUT2D eigenvalue weighted by Crippen LogP contribution is 2.42. The number of carbonyl (C=O) groups excluding carboxylic acids is 1. The van der Waals surface area contributed by atoms with E-state index in [1.54, 1.807) is 60.9 Å². The summed E-state index contributed by atoms with van der Waals surface area (Å²) < 4.78 is 67.8. The van der Waals surface area contributed by atoms with Crippen LogP contribution in [0.2, 0.25) is 5.02 Å². The maximum Gasteiger partial charge on any atom is 0.573 e. The number of aromatic nitrogens is 2. The zero-order chi connectivity index (χ0) is 30.2. The Bertz CT molecular complexity index is 1760. The van der Waals surface area contributed by atoms with E-state index in [0.29, 0.717) is 49.9 Å². The molecule has 0 unspecified atom stereocenters. The fourth-order valence-corrected chi connectivity index (χ4v) is 4.54. The second-order valence-electron chi connectivity index (χ2n) is 9.98. The molecule has 0 amide bonds. The van der Waals surface area contributed by atoms with Crippen molar-refractivity contribution in [1.82, 2.24) is 9.72 Å². The lowest BCUT2D eigenvalue weighted by atomic mass is 10.2. The first-order valence-corrected chi connectivity index (χ1v) is 13.3. The van der Waals surface area contributed by atoms with Crippen LogP contribution in [0.4, 0.5) is 13.2 Å². The number of hydrogen-bond acceptors (Lipinski definition) is 7. The van der Waals surface area contributed by atoms with E-state index >= 15 is 0 Å². The van der Waals surface area contributed by atoms with Gasteiger partial charge in [0.15, 0.2) is 23.3 Å². The minimum Gasteiger partial charge on any atom is -0.479 e. The predicted molar refractivity (Wildman–Crippen MR) is 150 cm³/mol. The van der Waals surface area contributed by atoms with Crippen LogP contribution in [0, 0.1) is 12.8 Å². The van der Waals surface area contributed by atoms with Gasteiger partial charge in [-0.15, -0.1) is 13.2 Å². The van der Waals surface area contributed by atoms with Gasteiger partial charge in [0.1, 0.15) is 17.2 Å². The molecule has 0 saturated carbocycles. The summed E-state index contributed by atoms with van der Waals surface area (Å²) in [7, 11) is 0. The van der Waals surface area contributed by atoms with Crippen molar-refractivity contribution >= 4 is 39.4 Å². The zero-order valence-electron chi connectivity index (χ0n) is 23.0. The van der Waals surface area contributed by atoms with Crippen molar-refractivity contribution in [3.8, 4) is 28.8 Å². The number of ether oxygens (including phenoxy) is 4. The smallest absolute Gasteiger partial charge is 0.479 e. The van der Waals surface area contributed by atoms with Crippen molar-refractivity contribution in [1.29, 1.82) is 0 Å². The molecule has 12 heteroatoms. The van der Waals surface area contributed by atoms with Gasteiger partial charge in [0, 0.05) is 22.5 Å². The topological polar surface area (TPSA) is 85.0 Å². The molecule has 0 aliphatic rings. The minimum atomic E-state index is -4.88. The van der Waals surface area contributed by atoms with Crippen molar-refractivity contribution < 1.29 is 41.4 Å². The molecule has 5 rings (SSSR count). The highest BCUT2D eigenvalue weighted by Gasteiger charge is 2.32. The van der Waals surface area contributed by atoms with Crippen LogP contribution < -0.4 is 14.2 Å². The lowest BCUT2D eigenvalue weighted by molar-refractivity contribution is -0.274. The van der Waals surface area contributed by atoms with E-state index in [9.17, 15) is 18.0 Å². The van der Waals surface area contributed by atoms with Gasteiger partial charge in [-0.25, -0.2) is 4.79 Å². The Hall–Kier alpha value is -4.38. The van der Waals surface area contributed by atoms with E-state index in [-0.39, 0.29) is 18.3 Å². The summed E-state index contributed by atoms with van der Waals surface area (Å²) in [5, 5.41) is 5.63. The molecule has 0 bridgehead atoms. The summed E-state index contributed by atoms with van der Waals surface area (Å²) in [5.41, 5.74) is 1.46. The third-order valence-corrected chi connectivity index (χ3v) is 6.44. The Morgan fingerprint density at radius 1 is 1.00 bits per heavy atom. The molecule has 0 saturated heterocycles. The van der Waals surface area contributed by atoms with Gasteiger partial charge >= 0.3 is 12.3 Å². The SMILES string of the molecule is Cc1c(Oc2cccc(O[C@@H](C)C(=O)OCC(C)C)c2)c2cc(OC(F)(F)F)ccc2n1-c1noc2cc(Cl)ccc12. The Balaban J connectivity index is 1.54. The fourth-order valence-electron chi connectivity index (χ4n) is 4.37. The van der Waals surface area contributed by atoms with Gasteiger partial charge in [0.25, 0.3) is 0 Å². The standard InChI is InChI=1S/C30H26ClF3N2O6/c1-16(2)15-38-29(37)18(4)39-20-6-5-7-21(13-20)40-27-17(3)36(28-23-10-8-19(31)12-26(23)42-35-28)25-11-9-22(14-24(25)27)41-30(32,33)34/h5-14,16,18H,15H2,1-4H3/t18-/m0/s1. The van der Waals surface area contributed by atoms with E-state index in [1.807, 2.05) is 13.8 Å². The van der Waals surface area contributed by atoms with Gasteiger partial charge in [-0.2, -0.15) is 0 Å². The second kappa shape index (κ2) is 11.5. The molecule has 42 heavy (non-hydrogen) atoms. The number of esters is 1. The van der Waals surface area contributed by atoms with Crippen LogP contribution in [0.3, 0.4) is 0 Å². The third kappa shape index (κ3) is 6.25. The summed E-state index contributed by atoms with van der Waals surface area (Å²) in [6, 6.07) is 15.5. The maximum atomic E-state index is 13.1. The molecule has 8 nitrogen and oxygen atoms in total. The summed E-state index contributed by atoms with van der Waals surface area (Å²) in [4.78, 5) is 12.3. The van der Waals surface area contributed by atoms with Crippen molar-refractivity contribution in [3.05, 3.63) is 71.4 Å². The normalized spacial score (nSPS) is 12.6. The summed E-state index contributed by atoms with van der Waals surface area (Å²) in [5.74, 6) is 0.559. The van der Waals surface area contributed by atoms with Crippen molar-refractivity contribution in [2.24, 2.45) is 5.92 Å². The van der Waals surface area contributed by atoms with E-state index in [1.165, 1.54) is 18.2 Å². The lowest BCUT2D eigenvalue weighted by Crippen LogP contribution is -2.27. The number of nitrogens with zero attached hydrogens (tertiary/aromatic N) is 2. The van der Waals surface area contributed by atoms with E-state index < -0.39 is 24.2 Å². The first-order chi connectivity index (χ1) is 19.9. The van der Waals surface area contributed by atoms with Gasteiger partial charge in [-0.3, -0.25) is 4.57 Å². The average molecular weight is 603 g/mol. The maximum absolute atomic E-state index is 13.1. The molecule has 0 fully saturated rings. The fraction of sp³-hybridized carbons (Fsp3) is 0.267. The monoisotopic (exact) mass is 602 g/mol. The van der Waals surface area contributed by atoms with Crippen LogP contribution in [0.1, 0.15) is 26.5 Å². The van der Waals surface area contributed by atoms with E-state index in [4.69, 9.17) is 30.3 Å². The summed E-state index contributed by atoms with van der Waals surface area (Å²) >= 11 is 6.10. The van der Waals surface area contributed by atoms with Gasteiger partial charge in [0.2, 0.25) is 0 Å². The number of rotatable bonds is 9. The molecule has 2 heterocycles. The molecule has 0 radical (unpaired) electrons. The third-order valence-electron chi connectivity index (χ3n) is 6.21. The highest BCUT2D eigenvalue weighted by molar-refractivity contribution is 6.31. The first-order valence-electron chi connectivity index (χ1n) is 13.0. The predicted octanol–water partition coefficient (Wildman–Crippen LogP) is 8.39. The number of halogens is 4. The highest BCUT2D eigenvalue weighted by atomic mass is 35.5. The lowest BCUT2D eigenvalue weighted by Gasteiger charge is -2.15. The minimum absolute atomic E-state index is 0.179. The molecule has 3 aromatic carbocycles. The van der Waals surface area contributed by atoms with Crippen molar-refractivity contribution in [3.63, 3.8) is 0 Å². The molecule has 5 aromatic rings. The molecular formula is C30H26ClF3N2O6. The average Bonchev–Trinajstić information content (AvgIpc) is 3.43. The number of fused-ring (bicyclic) bond motifs is 2. The Kier molecular flexibility index (Phi) is 7.96. The van der Waals surface area contributed by atoms with Crippen LogP contribution in [0.25, 0.3) is 27.7 Å². The Morgan fingerprint density at radius 2 is 1.76 bits per heavy atom. The van der Waals surface area contributed by atoms with Gasteiger partial charge < -0.3 is 23.5 Å². The molecule has 0 N–H and O–H groups in total. The van der Waals surface area contributed by atoms with Crippen LogP contribution >= 0.6 is 11.6 Å². The first kappa shape index (κ1) is 29.1. The van der Waals surface area contributed by atoms with Crippen LogP contribution in [-0.4, -0.2) is 34.8 Å². The largest absolute Gasteiger partial charge is 0.573 e. The van der Waals surface area contributed by atoms with Gasteiger partial charge in [-0.05, 0) is 62.2 Å². The van der Waals surface area contributed by atoms with Crippen LogP contribution in [0.15, 0.2) is 65.2 Å². The summed E-state index contributed by atoms with van der Waals surface area (Å²) in [6.45, 7) is 7.44. The number of benzene rings is 3. The number of hydrogen-bond donors (Lipinski definition) is 0. The Morgan fingerprint density at radius 3 is 2.50 bits per heavy atom. The Labute approximate surface area is 243 Å². The van der Waals surface area contributed by atoms with E-state index in [0.717, 1.165) is 0 Å². The van der Waals surface area contributed by atoms with Crippen LogP contribution in [0.5, 0.6) is 23.0 Å². The summed E-state index contributed by atoms with van der Waals surface area (Å²) in [6.07, 6.45) is -5.76. The van der Waals surface area contributed by atoms with Crippen LogP contribution in [-0.2, 0) is 9.53 Å². The van der Waals surface area contributed by atoms with Gasteiger partial charge in [-0.1, -0.05) is 36.7 Å². The number of alkyl halides is 3. The quantitative estimate of drug-likeness (QED) is 0.157. The molecule has 0 spiro atoms. The molecular weight excluding hydrogens is 577 g/mol. The van der Waals surface area contributed by atoms with Crippen molar-refractivity contribution in [2.75, 3.05) is 6.61 Å². The molecule has 0 aliphatic carbocycles. The number of carbonyl (C=O) groups is 1. The molecule has 220 valence electrons. The van der Waals surface area contributed by atoms with Gasteiger partial charge in [0.05, 0.1) is 23.2 Å². The van der Waals surface area contributed by atoms with Crippen molar-refractivity contribution in [2.45, 2.75) is 40.2 Å².